The molecule has 2 heterocycles. The zero-order valence-corrected chi connectivity index (χ0v) is 14.2. The highest BCUT2D eigenvalue weighted by Gasteiger charge is 2.25. The molecule has 2 N–H and O–H groups in total. The van der Waals surface area contributed by atoms with Gasteiger partial charge >= 0.3 is 0 Å². The van der Waals surface area contributed by atoms with Crippen molar-refractivity contribution in [2.75, 3.05) is 6.54 Å². The van der Waals surface area contributed by atoms with E-state index in [-0.39, 0.29) is 6.04 Å². The molecule has 0 aliphatic carbocycles. The molecule has 1 unspecified atom stereocenters. The second kappa shape index (κ2) is 5.70. The predicted molar refractivity (Wildman–Crippen MR) is 97.4 cm³/mol. The molecule has 1 aliphatic heterocycles. The molecule has 3 heteroatoms. The first kappa shape index (κ1) is 14.8. The van der Waals surface area contributed by atoms with Gasteiger partial charge in [-0.25, -0.2) is 0 Å². The molecular weight excluding hydrogens is 304 g/mol. The number of halogens is 1. The Bertz CT molecular complexity index is 846. The Kier molecular flexibility index (Phi) is 3.67. The molecule has 4 rings (SSSR count). The third-order valence-corrected chi connectivity index (χ3v) is 5.08. The Balaban J connectivity index is 1.79. The van der Waals surface area contributed by atoms with Gasteiger partial charge in [-0.15, -0.1) is 0 Å². The summed E-state index contributed by atoms with van der Waals surface area (Å²) in [6.45, 7) is 5.45. The lowest BCUT2D eigenvalue weighted by molar-refractivity contribution is 0.560. The van der Waals surface area contributed by atoms with Gasteiger partial charge in [0.1, 0.15) is 0 Å². The Morgan fingerprint density at radius 2 is 1.87 bits per heavy atom. The maximum Gasteiger partial charge on any atom is 0.0732 e. The Labute approximate surface area is 141 Å². The van der Waals surface area contributed by atoms with Crippen molar-refractivity contribution >= 4 is 22.5 Å². The quantitative estimate of drug-likeness (QED) is 0.668. The van der Waals surface area contributed by atoms with Gasteiger partial charge in [0.25, 0.3) is 0 Å². The molecular formula is C20H21ClN2. The van der Waals surface area contributed by atoms with Crippen LogP contribution in [0.15, 0.2) is 42.5 Å². The summed E-state index contributed by atoms with van der Waals surface area (Å²) in [6, 6.07) is 15.3. The van der Waals surface area contributed by atoms with E-state index in [0.717, 1.165) is 18.0 Å². The van der Waals surface area contributed by atoms with Crippen molar-refractivity contribution in [3.8, 4) is 0 Å². The molecule has 23 heavy (non-hydrogen) atoms. The summed E-state index contributed by atoms with van der Waals surface area (Å²) in [7, 11) is 0. The minimum atomic E-state index is 0.228. The van der Waals surface area contributed by atoms with Crippen LogP contribution < -0.4 is 5.32 Å². The zero-order valence-electron chi connectivity index (χ0n) is 13.5. The van der Waals surface area contributed by atoms with E-state index >= 15 is 0 Å². The Morgan fingerprint density at radius 3 is 2.61 bits per heavy atom. The smallest absolute Gasteiger partial charge is 0.0732 e. The van der Waals surface area contributed by atoms with Crippen molar-refractivity contribution in [3.05, 3.63) is 69.9 Å². The minimum Gasteiger partial charge on any atom is -0.357 e. The number of aromatic amines is 1. The fourth-order valence-electron chi connectivity index (χ4n) is 3.56. The van der Waals surface area contributed by atoms with Crippen LogP contribution in [0.4, 0.5) is 0 Å². The van der Waals surface area contributed by atoms with Crippen LogP contribution in [0.1, 0.15) is 48.2 Å². The van der Waals surface area contributed by atoms with E-state index < -0.39 is 0 Å². The number of hydrogen-bond acceptors (Lipinski definition) is 1. The first-order valence-corrected chi connectivity index (χ1v) is 8.64. The molecule has 118 valence electrons. The van der Waals surface area contributed by atoms with E-state index in [1.165, 1.54) is 33.3 Å². The molecule has 2 aromatic carbocycles. The molecule has 1 atom stereocenters. The highest BCUT2D eigenvalue weighted by Crippen LogP contribution is 2.34. The lowest BCUT2D eigenvalue weighted by Gasteiger charge is -2.25. The van der Waals surface area contributed by atoms with Crippen LogP contribution in [0, 0.1) is 0 Å². The summed E-state index contributed by atoms with van der Waals surface area (Å²) in [5.41, 5.74) is 6.55. The van der Waals surface area contributed by atoms with Gasteiger partial charge in [0.05, 0.1) is 6.04 Å². The Hall–Kier alpha value is -1.77. The second-order valence-electron chi connectivity index (χ2n) is 6.67. The summed E-state index contributed by atoms with van der Waals surface area (Å²) in [4.78, 5) is 3.61. The summed E-state index contributed by atoms with van der Waals surface area (Å²) in [5, 5.41) is 5.72. The van der Waals surface area contributed by atoms with E-state index in [4.69, 9.17) is 11.6 Å². The third-order valence-electron chi connectivity index (χ3n) is 4.85. The summed E-state index contributed by atoms with van der Waals surface area (Å²) < 4.78 is 0. The lowest BCUT2D eigenvalue weighted by Crippen LogP contribution is -2.30. The van der Waals surface area contributed by atoms with E-state index in [2.05, 4.69) is 60.5 Å². The van der Waals surface area contributed by atoms with Crippen molar-refractivity contribution in [1.82, 2.24) is 10.3 Å². The number of hydrogen-bond donors (Lipinski definition) is 2. The first-order valence-electron chi connectivity index (χ1n) is 8.26. The SMILES string of the molecule is CC(C)c1ccc(C2NCCc3c2[nH]c2ccc(Cl)cc32)cc1. The summed E-state index contributed by atoms with van der Waals surface area (Å²) >= 11 is 6.19. The zero-order chi connectivity index (χ0) is 16.0. The second-order valence-corrected chi connectivity index (χ2v) is 7.10. The lowest BCUT2D eigenvalue weighted by atomic mass is 9.92. The van der Waals surface area contributed by atoms with Gasteiger partial charge in [0.2, 0.25) is 0 Å². The molecule has 0 fully saturated rings. The van der Waals surface area contributed by atoms with Gasteiger partial charge in [-0.1, -0.05) is 49.7 Å². The third kappa shape index (κ3) is 2.56. The van der Waals surface area contributed by atoms with Crippen molar-refractivity contribution in [1.29, 1.82) is 0 Å². The van der Waals surface area contributed by atoms with Crippen molar-refractivity contribution in [2.24, 2.45) is 0 Å². The first-order chi connectivity index (χ1) is 11.1. The number of rotatable bonds is 2. The monoisotopic (exact) mass is 324 g/mol. The van der Waals surface area contributed by atoms with Gasteiger partial charge in [0, 0.05) is 28.2 Å². The van der Waals surface area contributed by atoms with Crippen LogP contribution in [0.3, 0.4) is 0 Å². The average molecular weight is 325 g/mol. The van der Waals surface area contributed by atoms with Crippen LogP contribution in [0.5, 0.6) is 0 Å². The van der Waals surface area contributed by atoms with E-state index in [1.54, 1.807) is 0 Å². The van der Waals surface area contributed by atoms with Crippen LogP contribution in [0.25, 0.3) is 10.9 Å². The topological polar surface area (TPSA) is 27.8 Å². The molecule has 1 aliphatic rings. The molecule has 1 aromatic heterocycles. The summed E-state index contributed by atoms with van der Waals surface area (Å²) in [5.74, 6) is 0.564. The van der Waals surface area contributed by atoms with Crippen molar-refractivity contribution in [2.45, 2.75) is 32.2 Å². The molecule has 3 aromatic rings. The van der Waals surface area contributed by atoms with E-state index in [9.17, 15) is 0 Å². The largest absolute Gasteiger partial charge is 0.357 e. The van der Waals surface area contributed by atoms with Crippen molar-refractivity contribution < 1.29 is 0 Å². The van der Waals surface area contributed by atoms with Crippen LogP contribution in [-0.2, 0) is 6.42 Å². The molecule has 0 amide bonds. The fourth-order valence-corrected chi connectivity index (χ4v) is 3.73. The molecule has 0 radical (unpaired) electrons. The maximum absolute atomic E-state index is 6.19. The van der Waals surface area contributed by atoms with Gasteiger partial charge in [-0.2, -0.15) is 0 Å². The maximum atomic E-state index is 6.19. The molecule has 0 bridgehead atoms. The van der Waals surface area contributed by atoms with Crippen LogP contribution in [-0.4, -0.2) is 11.5 Å². The number of nitrogens with one attached hydrogen (secondary N) is 2. The van der Waals surface area contributed by atoms with E-state index in [1.807, 2.05) is 6.07 Å². The molecule has 0 saturated heterocycles. The normalized spacial score (nSPS) is 17.7. The number of H-pyrrole nitrogens is 1. The highest BCUT2D eigenvalue weighted by atomic mass is 35.5. The van der Waals surface area contributed by atoms with E-state index in [0.29, 0.717) is 5.92 Å². The van der Waals surface area contributed by atoms with Gasteiger partial charge < -0.3 is 10.3 Å². The molecule has 0 spiro atoms. The number of benzene rings is 2. The van der Waals surface area contributed by atoms with Crippen LogP contribution in [0.2, 0.25) is 5.02 Å². The van der Waals surface area contributed by atoms with Crippen molar-refractivity contribution in [3.63, 3.8) is 0 Å². The Morgan fingerprint density at radius 1 is 1.09 bits per heavy atom. The highest BCUT2D eigenvalue weighted by molar-refractivity contribution is 6.31. The summed E-state index contributed by atoms with van der Waals surface area (Å²) in [6.07, 6.45) is 1.04. The van der Waals surface area contributed by atoms with Gasteiger partial charge in [0.15, 0.2) is 0 Å². The van der Waals surface area contributed by atoms with Crippen LogP contribution >= 0.6 is 11.6 Å². The predicted octanol–water partition coefficient (Wildman–Crippen LogP) is 5.18. The molecule has 0 saturated carbocycles. The number of aromatic nitrogens is 1. The standard InChI is InChI=1S/C20H21ClN2/c1-12(2)13-3-5-14(6-4-13)19-20-16(9-10-22-19)17-11-15(21)7-8-18(17)23-20/h3-8,11-12,19,22-23H,9-10H2,1-2H3. The average Bonchev–Trinajstić information content (AvgIpc) is 2.93. The minimum absolute atomic E-state index is 0.228. The van der Waals surface area contributed by atoms with Gasteiger partial charge in [-0.3, -0.25) is 0 Å². The molecule has 2 nitrogen and oxygen atoms in total. The fraction of sp³-hybridized carbons (Fsp3) is 0.300. The number of fused-ring (bicyclic) bond motifs is 3. The van der Waals surface area contributed by atoms with Gasteiger partial charge in [-0.05, 0) is 47.2 Å².